The Morgan fingerprint density at radius 2 is 1.85 bits per heavy atom. The lowest BCUT2D eigenvalue weighted by Crippen LogP contribution is -2.39. The van der Waals surface area contributed by atoms with Crippen LogP contribution in [0.5, 0.6) is 0 Å². The fourth-order valence-electron chi connectivity index (χ4n) is 1.60. The first-order valence-corrected chi connectivity index (χ1v) is 7.80. The molecule has 0 atom stereocenters. The molecule has 5 nitrogen and oxygen atoms in total. The molecule has 0 saturated carbocycles. The highest BCUT2D eigenvalue weighted by Gasteiger charge is 2.20. The van der Waals surface area contributed by atoms with Crippen molar-refractivity contribution < 1.29 is 17.6 Å². The normalized spacial score (nSPS) is 11.7. The lowest BCUT2D eigenvalue weighted by Gasteiger charge is -2.21. The number of benzene rings is 1. The maximum atomic E-state index is 13.5. The summed E-state index contributed by atoms with van der Waals surface area (Å²) in [5.74, 6) is -0.831. The summed E-state index contributed by atoms with van der Waals surface area (Å²) in [5, 5.41) is 0. The second-order valence-electron chi connectivity index (χ2n) is 4.50. The number of carbonyl (C=O) groups is 1. The predicted molar refractivity (Wildman–Crippen MR) is 75.0 cm³/mol. The zero-order valence-electron chi connectivity index (χ0n) is 11.8. The van der Waals surface area contributed by atoms with E-state index < -0.39 is 10.0 Å². The predicted octanol–water partition coefficient (Wildman–Crippen LogP) is 1.07. The summed E-state index contributed by atoms with van der Waals surface area (Å²) in [6, 6.07) is 6.17. The molecule has 0 heterocycles. The molecule has 20 heavy (non-hydrogen) atoms. The summed E-state index contributed by atoms with van der Waals surface area (Å²) in [5.41, 5.74) is 0.393. The van der Waals surface area contributed by atoms with Crippen molar-refractivity contribution in [1.82, 2.24) is 9.21 Å². The quantitative estimate of drug-likeness (QED) is 0.789. The van der Waals surface area contributed by atoms with E-state index in [9.17, 15) is 17.6 Å². The summed E-state index contributed by atoms with van der Waals surface area (Å²) in [6.07, 6.45) is 0. The van der Waals surface area contributed by atoms with Crippen molar-refractivity contribution in [1.29, 1.82) is 0 Å². The Morgan fingerprint density at radius 3 is 2.40 bits per heavy atom. The van der Waals surface area contributed by atoms with Crippen molar-refractivity contribution in [3.63, 3.8) is 0 Å². The van der Waals surface area contributed by atoms with Crippen molar-refractivity contribution in [3.05, 3.63) is 35.6 Å². The van der Waals surface area contributed by atoms with Gasteiger partial charge < -0.3 is 4.90 Å². The number of hydrogen-bond acceptors (Lipinski definition) is 3. The summed E-state index contributed by atoms with van der Waals surface area (Å²) in [4.78, 5) is 13.2. The van der Waals surface area contributed by atoms with Gasteiger partial charge in [0.1, 0.15) is 5.82 Å². The van der Waals surface area contributed by atoms with Crippen LogP contribution in [0.25, 0.3) is 0 Å². The van der Waals surface area contributed by atoms with Gasteiger partial charge in [0.25, 0.3) is 0 Å². The van der Waals surface area contributed by atoms with Crippen LogP contribution >= 0.6 is 0 Å². The van der Waals surface area contributed by atoms with Crippen molar-refractivity contribution in [2.24, 2.45) is 0 Å². The van der Waals surface area contributed by atoms with Crippen LogP contribution in [0.1, 0.15) is 12.5 Å². The zero-order chi connectivity index (χ0) is 15.3. The number of carbonyl (C=O) groups excluding carboxylic acids is 1. The molecule has 1 amide bonds. The average Bonchev–Trinajstić information content (AvgIpc) is 2.41. The van der Waals surface area contributed by atoms with Gasteiger partial charge in [-0.05, 0) is 13.0 Å². The molecular weight excluding hydrogens is 283 g/mol. The van der Waals surface area contributed by atoms with E-state index in [1.807, 2.05) is 0 Å². The maximum Gasteiger partial charge on any atom is 0.237 e. The molecule has 1 aromatic carbocycles. The summed E-state index contributed by atoms with van der Waals surface area (Å²) < 4.78 is 37.6. The number of likely N-dealkylation sites (N-methyl/N-ethyl adjacent to an activating group) is 2. The molecule has 0 aromatic heterocycles. The minimum atomic E-state index is -3.40. The van der Waals surface area contributed by atoms with Gasteiger partial charge in [-0.25, -0.2) is 12.8 Å². The smallest absolute Gasteiger partial charge is 0.237 e. The van der Waals surface area contributed by atoms with E-state index >= 15 is 0 Å². The van der Waals surface area contributed by atoms with Gasteiger partial charge in [0.05, 0.1) is 12.3 Å². The van der Waals surface area contributed by atoms with Gasteiger partial charge in [-0.3, -0.25) is 4.79 Å². The first-order valence-electron chi connectivity index (χ1n) is 6.19. The van der Waals surface area contributed by atoms with Crippen LogP contribution in [0.15, 0.2) is 24.3 Å². The van der Waals surface area contributed by atoms with Gasteiger partial charge in [-0.2, -0.15) is 4.31 Å². The van der Waals surface area contributed by atoms with Gasteiger partial charge in [-0.1, -0.05) is 18.2 Å². The first kappa shape index (κ1) is 16.6. The third-order valence-electron chi connectivity index (χ3n) is 2.99. The Kier molecular flexibility index (Phi) is 5.64. The van der Waals surface area contributed by atoms with Gasteiger partial charge in [0.15, 0.2) is 0 Å². The van der Waals surface area contributed by atoms with E-state index in [-0.39, 0.29) is 30.6 Å². The van der Waals surface area contributed by atoms with E-state index in [1.165, 1.54) is 32.0 Å². The van der Waals surface area contributed by atoms with Crippen LogP contribution in [0, 0.1) is 5.82 Å². The summed E-state index contributed by atoms with van der Waals surface area (Å²) in [7, 11) is -0.526. The van der Waals surface area contributed by atoms with Crippen LogP contribution in [-0.4, -0.2) is 49.9 Å². The first-order chi connectivity index (χ1) is 9.27. The number of sulfonamides is 1. The van der Waals surface area contributed by atoms with E-state index in [2.05, 4.69) is 0 Å². The number of nitrogens with zero attached hydrogens (tertiary/aromatic N) is 2. The van der Waals surface area contributed by atoms with Gasteiger partial charge in [-0.15, -0.1) is 0 Å². The molecule has 0 spiro atoms. The SMILES string of the molecule is CCS(=O)(=O)N(C)CC(=O)N(C)Cc1ccccc1F. The largest absolute Gasteiger partial charge is 0.340 e. The van der Waals surface area contributed by atoms with Crippen LogP contribution in [0.2, 0.25) is 0 Å². The lowest BCUT2D eigenvalue weighted by atomic mass is 10.2. The van der Waals surface area contributed by atoms with Crippen molar-refractivity contribution >= 4 is 15.9 Å². The van der Waals surface area contributed by atoms with E-state index in [1.54, 1.807) is 18.2 Å². The minimum absolute atomic E-state index is 0.0617. The standard InChI is InChI=1S/C13H19FN2O3S/c1-4-20(18,19)16(3)10-13(17)15(2)9-11-7-5-6-8-12(11)14/h5-8H,4,9-10H2,1-3H3. The van der Waals surface area contributed by atoms with Gasteiger partial charge in [0.2, 0.25) is 15.9 Å². The average molecular weight is 302 g/mol. The monoisotopic (exact) mass is 302 g/mol. The molecule has 1 aromatic rings. The summed E-state index contributed by atoms with van der Waals surface area (Å²) >= 11 is 0. The highest BCUT2D eigenvalue weighted by Crippen LogP contribution is 2.09. The Bertz CT molecular complexity index is 575. The minimum Gasteiger partial charge on any atom is -0.340 e. The molecule has 1 rings (SSSR count). The number of hydrogen-bond donors (Lipinski definition) is 0. The molecule has 0 aliphatic rings. The van der Waals surface area contributed by atoms with Gasteiger partial charge in [0, 0.05) is 26.2 Å². The highest BCUT2D eigenvalue weighted by molar-refractivity contribution is 7.89. The third-order valence-corrected chi connectivity index (χ3v) is 4.80. The molecule has 0 radical (unpaired) electrons. The number of rotatable bonds is 6. The molecule has 0 N–H and O–H groups in total. The van der Waals surface area contributed by atoms with E-state index in [4.69, 9.17) is 0 Å². The molecule has 0 saturated heterocycles. The second kappa shape index (κ2) is 6.81. The van der Waals surface area contributed by atoms with Crippen molar-refractivity contribution in [2.75, 3.05) is 26.4 Å². The van der Waals surface area contributed by atoms with Crippen molar-refractivity contribution in [2.45, 2.75) is 13.5 Å². The topological polar surface area (TPSA) is 57.7 Å². The lowest BCUT2D eigenvalue weighted by molar-refractivity contribution is -0.130. The van der Waals surface area contributed by atoms with Crippen LogP contribution in [-0.2, 0) is 21.4 Å². The number of halogens is 1. The van der Waals surface area contributed by atoms with Crippen LogP contribution in [0.4, 0.5) is 4.39 Å². The molecule has 0 aliphatic carbocycles. The Morgan fingerprint density at radius 1 is 1.25 bits per heavy atom. The van der Waals surface area contributed by atoms with Crippen molar-refractivity contribution in [3.8, 4) is 0 Å². The maximum absolute atomic E-state index is 13.5. The molecule has 0 aliphatic heterocycles. The van der Waals surface area contributed by atoms with Crippen LogP contribution in [0.3, 0.4) is 0 Å². The molecular formula is C13H19FN2O3S. The Labute approximate surface area is 119 Å². The van der Waals surface area contributed by atoms with E-state index in [0.29, 0.717) is 5.56 Å². The van der Waals surface area contributed by atoms with Gasteiger partial charge >= 0.3 is 0 Å². The fraction of sp³-hybridized carbons (Fsp3) is 0.462. The molecule has 0 fully saturated rings. The fourth-order valence-corrected chi connectivity index (χ4v) is 2.35. The Hall–Kier alpha value is -1.47. The Balaban J connectivity index is 2.67. The number of amides is 1. The molecule has 112 valence electrons. The zero-order valence-corrected chi connectivity index (χ0v) is 12.7. The summed E-state index contributed by atoms with van der Waals surface area (Å²) in [6.45, 7) is 1.37. The third kappa shape index (κ3) is 4.28. The van der Waals surface area contributed by atoms with E-state index in [0.717, 1.165) is 4.31 Å². The van der Waals surface area contributed by atoms with Crippen LogP contribution < -0.4 is 0 Å². The molecule has 0 unspecified atom stereocenters. The molecule has 0 bridgehead atoms. The molecule has 7 heteroatoms. The highest BCUT2D eigenvalue weighted by atomic mass is 32.2. The second-order valence-corrected chi connectivity index (χ2v) is 6.86.